The number of thiophene rings is 1. The number of hydrogen-bond donors (Lipinski definition) is 1. The lowest BCUT2D eigenvalue weighted by Crippen LogP contribution is -2.44. The fourth-order valence-electron chi connectivity index (χ4n) is 2.63. The summed E-state index contributed by atoms with van der Waals surface area (Å²) in [7, 11) is 0. The number of hydrogen-bond acceptors (Lipinski definition) is 3. The Morgan fingerprint density at radius 2 is 2.16 bits per heavy atom. The number of fused-ring (bicyclic) bond motifs is 1. The van der Waals surface area contributed by atoms with E-state index in [2.05, 4.69) is 11.4 Å². The lowest BCUT2D eigenvalue weighted by atomic mass is 10.2. The molecule has 1 aliphatic rings. The zero-order chi connectivity index (χ0) is 13.8. The summed E-state index contributed by atoms with van der Waals surface area (Å²) in [6, 6.07) is 2.21. The monoisotopic (exact) mass is 280 g/mol. The number of nitrogens with zero attached hydrogens (tertiary/aromatic N) is 1. The average molecular weight is 280 g/mol. The van der Waals surface area contributed by atoms with Gasteiger partial charge < -0.3 is 10.2 Å². The molecule has 0 spiro atoms. The molecule has 0 radical (unpaired) electrons. The molecule has 0 saturated carbocycles. The molecule has 1 aromatic heterocycles. The number of aryl methyl sites for hydroxylation is 2. The number of amides is 1. The maximum Gasteiger partial charge on any atom is 0.239 e. The van der Waals surface area contributed by atoms with Crippen LogP contribution in [0.5, 0.6) is 0 Å². The van der Waals surface area contributed by atoms with Crippen LogP contribution in [-0.2, 0) is 24.2 Å². The first-order chi connectivity index (χ1) is 9.15. The van der Waals surface area contributed by atoms with Crippen molar-refractivity contribution in [1.29, 1.82) is 0 Å². The second kappa shape index (κ2) is 6.53. The van der Waals surface area contributed by atoms with Crippen molar-refractivity contribution in [2.45, 2.75) is 52.6 Å². The third-order valence-corrected chi connectivity index (χ3v) is 5.06. The van der Waals surface area contributed by atoms with E-state index in [0.717, 1.165) is 19.6 Å². The van der Waals surface area contributed by atoms with Crippen LogP contribution >= 0.6 is 11.3 Å². The van der Waals surface area contributed by atoms with Crippen molar-refractivity contribution in [3.05, 3.63) is 21.4 Å². The molecule has 0 aliphatic heterocycles. The fraction of sp³-hybridized carbons (Fsp3) is 0.667. The van der Waals surface area contributed by atoms with Gasteiger partial charge in [-0.25, -0.2) is 0 Å². The molecule has 1 unspecified atom stereocenters. The molecule has 0 saturated heterocycles. The molecule has 0 bridgehead atoms. The third kappa shape index (κ3) is 3.37. The van der Waals surface area contributed by atoms with Crippen LogP contribution < -0.4 is 5.32 Å². The van der Waals surface area contributed by atoms with Gasteiger partial charge in [0.2, 0.25) is 5.91 Å². The van der Waals surface area contributed by atoms with Gasteiger partial charge in [-0.2, -0.15) is 0 Å². The quantitative estimate of drug-likeness (QED) is 0.868. The van der Waals surface area contributed by atoms with Gasteiger partial charge in [-0.3, -0.25) is 4.79 Å². The van der Waals surface area contributed by atoms with Crippen molar-refractivity contribution >= 4 is 17.2 Å². The summed E-state index contributed by atoms with van der Waals surface area (Å²) in [6.07, 6.45) is 3.79. The Morgan fingerprint density at radius 1 is 1.42 bits per heavy atom. The number of carbonyl (C=O) groups is 1. The molecule has 19 heavy (non-hydrogen) atoms. The van der Waals surface area contributed by atoms with E-state index in [4.69, 9.17) is 0 Å². The Bertz CT molecular complexity index is 416. The highest BCUT2D eigenvalue weighted by atomic mass is 32.1. The SMILES string of the molecule is CCN(CC)C(=O)C(C)NCc1cc2c(s1)CCC2. The lowest BCUT2D eigenvalue weighted by Gasteiger charge is -2.23. The molecule has 106 valence electrons. The van der Waals surface area contributed by atoms with Crippen LogP contribution in [0.2, 0.25) is 0 Å². The smallest absolute Gasteiger partial charge is 0.239 e. The van der Waals surface area contributed by atoms with Crippen LogP contribution in [0.15, 0.2) is 6.07 Å². The zero-order valence-corrected chi connectivity index (χ0v) is 13.0. The van der Waals surface area contributed by atoms with E-state index in [9.17, 15) is 4.79 Å². The van der Waals surface area contributed by atoms with E-state index in [1.807, 2.05) is 37.0 Å². The molecule has 1 aromatic rings. The highest BCUT2D eigenvalue weighted by Crippen LogP contribution is 2.30. The molecule has 1 atom stereocenters. The van der Waals surface area contributed by atoms with Gasteiger partial charge in [0.1, 0.15) is 0 Å². The number of likely N-dealkylation sites (N-methyl/N-ethyl adjacent to an activating group) is 1. The molecular weight excluding hydrogens is 256 g/mol. The van der Waals surface area contributed by atoms with Crippen LogP contribution in [0.3, 0.4) is 0 Å². The highest BCUT2D eigenvalue weighted by Gasteiger charge is 2.19. The molecule has 0 aromatic carbocycles. The number of nitrogens with one attached hydrogen (secondary N) is 1. The largest absolute Gasteiger partial charge is 0.342 e. The lowest BCUT2D eigenvalue weighted by molar-refractivity contribution is -0.132. The van der Waals surface area contributed by atoms with E-state index >= 15 is 0 Å². The van der Waals surface area contributed by atoms with Crippen LogP contribution in [0.1, 0.15) is 42.5 Å². The summed E-state index contributed by atoms with van der Waals surface area (Å²) in [5.74, 6) is 0.203. The normalized spacial score (nSPS) is 15.3. The Morgan fingerprint density at radius 3 is 2.79 bits per heavy atom. The topological polar surface area (TPSA) is 32.3 Å². The first-order valence-electron chi connectivity index (χ1n) is 7.28. The van der Waals surface area contributed by atoms with Crippen molar-refractivity contribution in [3.8, 4) is 0 Å². The highest BCUT2D eigenvalue weighted by molar-refractivity contribution is 7.12. The fourth-order valence-corrected chi connectivity index (χ4v) is 3.84. The Balaban J connectivity index is 1.85. The summed E-state index contributed by atoms with van der Waals surface area (Å²) in [6.45, 7) is 8.40. The first kappa shape index (κ1) is 14.5. The van der Waals surface area contributed by atoms with Crippen LogP contribution in [0.4, 0.5) is 0 Å². The van der Waals surface area contributed by atoms with Gasteiger partial charge in [0.25, 0.3) is 0 Å². The maximum atomic E-state index is 12.1. The van der Waals surface area contributed by atoms with Crippen LogP contribution in [0.25, 0.3) is 0 Å². The molecule has 1 aliphatic carbocycles. The maximum absolute atomic E-state index is 12.1. The van der Waals surface area contributed by atoms with Gasteiger partial charge in [-0.1, -0.05) is 0 Å². The van der Waals surface area contributed by atoms with E-state index in [1.165, 1.54) is 29.7 Å². The predicted octanol–water partition coefficient (Wildman–Crippen LogP) is 2.58. The summed E-state index contributed by atoms with van der Waals surface area (Å²) < 4.78 is 0. The number of carbonyl (C=O) groups excluding carboxylic acids is 1. The van der Waals surface area contributed by atoms with Gasteiger partial charge in [0.15, 0.2) is 0 Å². The minimum absolute atomic E-state index is 0.100. The molecule has 4 heteroatoms. The molecule has 1 N–H and O–H groups in total. The van der Waals surface area contributed by atoms with Gasteiger partial charge in [0.05, 0.1) is 6.04 Å². The van der Waals surface area contributed by atoms with Crippen molar-refractivity contribution in [1.82, 2.24) is 10.2 Å². The molecular formula is C15H24N2OS. The molecule has 3 nitrogen and oxygen atoms in total. The Labute approximate surface area is 120 Å². The molecule has 0 fully saturated rings. The van der Waals surface area contributed by atoms with Gasteiger partial charge in [0, 0.05) is 29.4 Å². The Kier molecular flexibility index (Phi) is 4.99. The summed E-state index contributed by atoms with van der Waals surface area (Å²) in [5.41, 5.74) is 1.53. The van der Waals surface area contributed by atoms with Gasteiger partial charge in [-0.15, -0.1) is 11.3 Å². The minimum Gasteiger partial charge on any atom is -0.342 e. The predicted molar refractivity (Wildman–Crippen MR) is 80.6 cm³/mol. The van der Waals surface area contributed by atoms with Crippen molar-refractivity contribution < 1.29 is 4.79 Å². The first-order valence-corrected chi connectivity index (χ1v) is 8.10. The van der Waals surface area contributed by atoms with E-state index in [0.29, 0.717) is 0 Å². The summed E-state index contributed by atoms with van der Waals surface area (Å²) >= 11 is 1.91. The second-order valence-corrected chi connectivity index (χ2v) is 6.35. The van der Waals surface area contributed by atoms with E-state index in [1.54, 1.807) is 4.88 Å². The third-order valence-electron chi connectivity index (χ3n) is 3.83. The van der Waals surface area contributed by atoms with Gasteiger partial charge >= 0.3 is 0 Å². The van der Waals surface area contributed by atoms with Crippen molar-refractivity contribution in [2.24, 2.45) is 0 Å². The van der Waals surface area contributed by atoms with Crippen molar-refractivity contribution in [3.63, 3.8) is 0 Å². The minimum atomic E-state index is -0.100. The second-order valence-electron chi connectivity index (χ2n) is 5.13. The van der Waals surface area contributed by atoms with E-state index < -0.39 is 0 Å². The van der Waals surface area contributed by atoms with Crippen LogP contribution in [-0.4, -0.2) is 29.9 Å². The standard InChI is InChI=1S/C15H24N2OS/c1-4-17(5-2)15(18)11(3)16-10-13-9-12-7-6-8-14(12)19-13/h9,11,16H,4-8,10H2,1-3H3. The average Bonchev–Trinajstić information content (AvgIpc) is 2.97. The number of rotatable bonds is 6. The van der Waals surface area contributed by atoms with E-state index in [-0.39, 0.29) is 11.9 Å². The van der Waals surface area contributed by atoms with Gasteiger partial charge in [-0.05, 0) is 51.7 Å². The van der Waals surface area contributed by atoms with Crippen molar-refractivity contribution in [2.75, 3.05) is 13.1 Å². The molecule has 1 amide bonds. The zero-order valence-electron chi connectivity index (χ0n) is 12.2. The van der Waals surface area contributed by atoms with Crippen LogP contribution in [0, 0.1) is 0 Å². The summed E-state index contributed by atoms with van der Waals surface area (Å²) in [4.78, 5) is 16.9. The molecule has 2 rings (SSSR count). The Hall–Kier alpha value is -0.870. The molecule has 1 heterocycles. The summed E-state index contributed by atoms with van der Waals surface area (Å²) in [5, 5.41) is 3.36.